The van der Waals surface area contributed by atoms with Crippen molar-refractivity contribution in [2.24, 2.45) is 0 Å². The molecular weight excluding hydrogens is 208 g/mol. The van der Waals surface area contributed by atoms with Gasteiger partial charge in [0.25, 0.3) is 0 Å². The Labute approximate surface area is 92.8 Å². The van der Waals surface area contributed by atoms with Gasteiger partial charge in [0, 0.05) is 18.5 Å². The van der Waals surface area contributed by atoms with Crippen LogP contribution in [0.2, 0.25) is 0 Å². The van der Waals surface area contributed by atoms with E-state index in [4.69, 9.17) is 5.73 Å². The standard InChI is InChI=1S/C10H14N4S/c1-4-14(3)9-7-8(11)6(2)15-10(7)13-5-12-9/h5H,4,11H2,1-3H3. The van der Waals surface area contributed by atoms with E-state index in [-0.39, 0.29) is 0 Å². The van der Waals surface area contributed by atoms with Crippen molar-refractivity contribution in [3.63, 3.8) is 0 Å². The Hall–Kier alpha value is -1.36. The molecule has 4 nitrogen and oxygen atoms in total. The summed E-state index contributed by atoms with van der Waals surface area (Å²) < 4.78 is 0. The van der Waals surface area contributed by atoms with Crippen molar-refractivity contribution in [1.29, 1.82) is 0 Å². The fraction of sp³-hybridized carbons (Fsp3) is 0.400. The predicted octanol–water partition coefficient (Wildman–Crippen LogP) is 2.04. The lowest BCUT2D eigenvalue weighted by Gasteiger charge is -2.16. The van der Waals surface area contributed by atoms with Crippen molar-refractivity contribution >= 4 is 33.1 Å². The SMILES string of the molecule is CCN(C)c1ncnc2sc(C)c(N)c12. The van der Waals surface area contributed by atoms with Crippen LogP contribution in [0.1, 0.15) is 11.8 Å². The summed E-state index contributed by atoms with van der Waals surface area (Å²) >= 11 is 1.62. The van der Waals surface area contributed by atoms with Crippen LogP contribution in [0.15, 0.2) is 6.33 Å². The van der Waals surface area contributed by atoms with E-state index < -0.39 is 0 Å². The number of aryl methyl sites for hydroxylation is 1. The monoisotopic (exact) mass is 222 g/mol. The molecule has 0 aliphatic rings. The molecule has 0 saturated heterocycles. The van der Waals surface area contributed by atoms with Gasteiger partial charge < -0.3 is 10.6 Å². The Morgan fingerprint density at radius 1 is 1.47 bits per heavy atom. The molecule has 0 amide bonds. The number of anilines is 2. The Morgan fingerprint density at radius 2 is 2.20 bits per heavy atom. The molecule has 0 radical (unpaired) electrons. The first kappa shape index (κ1) is 10.2. The molecule has 0 fully saturated rings. The summed E-state index contributed by atoms with van der Waals surface area (Å²) in [4.78, 5) is 12.7. The first-order valence-corrected chi connectivity index (χ1v) is 5.67. The number of nitrogens with zero attached hydrogens (tertiary/aromatic N) is 3. The van der Waals surface area contributed by atoms with Crippen LogP contribution in [0, 0.1) is 6.92 Å². The molecule has 0 spiro atoms. The maximum absolute atomic E-state index is 6.04. The molecule has 0 atom stereocenters. The van der Waals surface area contributed by atoms with Gasteiger partial charge in [0.05, 0.1) is 11.1 Å². The van der Waals surface area contributed by atoms with Crippen LogP contribution >= 0.6 is 11.3 Å². The van der Waals surface area contributed by atoms with Crippen LogP contribution in [0.3, 0.4) is 0 Å². The lowest BCUT2D eigenvalue weighted by Crippen LogP contribution is -2.17. The highest BCUT2D eigenvalue weighted by atomic mass is 32.1. The summed E-state index contributed by atoms with van der Waals surface area (Å²) in [5.74, 6) is 0.921. The molecule has 2 aromatic rings. The number of rotatable bonds is 2. The van der Waals surface area contributed by atoms with Gasteiger partial charge in [-0.1, -0.05) is 0 Å². The highest BCUT2D eigenvalue weighted by Gasteiger charge is 2.14. The second kappa shape index (κ2) is 3.66. The molecule has 2 rings (SSSR count). The van der Waals surface area contributed by atoms with E-state index in [9.17, 15) is 0 Å². The predicted molar refractivity (Wildman–Crippen MR) is 65.5 cm³/mol. The van der Waals surface area contributed by atoms with Crippen LogP contribution in [-0.2, 0) is 0 Å². The number of hydrogen-bond acceptors (Lipinski definition) is 5. The minimum Gasteiger partial charge on any atom is -0.397 e. The minimum atomic E-state index is 0.811. The molecule has 0 aromatic carbocycles. The van der Waals surface area contributed by atoms with E-state index in [2.05, 4.69) is 21.8 Å². The number of nitrogens with two attached hydrogens (primary N) is 1. The number of thiophene rings is 1. The Kier molecular flexibility index (Phi) is 2.48. The Balaban J connectivity index is 2.74. The second-order valence-corrected chi connectivity index (χ2v) is 4.67. The smallest absolute Gasteiger partial charge is 0.142 e. The van der Waals surface area contributed by atoms with Crippen LogP contribution < -0.4 is 10.6 Å². The van der Waals surface area contributed by atoms with Crippen LogP contribution in [0.5, 0.6) is 0 Å². The van der Waals surface area contributed by atoms with Gasteiger partial charge in [-0.25, -0.2) is 9.97 Å². The van der Waals surface area contributed by atoms with Gasteiger partial charge in [0.15, 0.2) is 0 Å². The summed E-state index contributed by atoms with van der Waals surface area (Å²) in [5, 5.41) is 0.990. The lowest BCUT2D eigenvalue weighted by atomic mass is 10.3. The molecule has 0 aliphatic carbocycles. The fourth-order valence-corrected chi connectivity index (χ4v) is 2.39. The number of fused-ring (bicyclic) bond motifs is 1. The summed E-state index contributed by atoms with van der Waals surface area (Å²) in [7, 11) is 2.01. The first-order valence-electron chi connectivity index (χ1n) is 4.85. The zero-order chi connectivity index (χ0) is 11.0. The quantitative estimate of drug-likeness (QED) is 0.844. The Morgan fingerprint density at radius 3 is 2.87 bits per heavy atom. The molecule has 15 heavy (non-hydrogen) atoms. The average molecular weight is 222 g/mol. The number of aromatic nitrogens is 2. The third-order valence-corrected chi connectivity index (χ3v) is 3.56. The highest BCUT2D eigenvalue weighted by molar-refractivity contribution is 7.19. The van der Waals surface area contributed by atoms with Gasteiger partial charge in [-0.05, 0) is 13.8 Å². The lowest BCUT2D eigenvalue weighted by molar-refractivity contribution is 0.941. The zero-order valence-electron chi connectivity index (χ0n) is 9.11. The van der Waals surface area contributed by atoms with E-state index in [1.165, 1.54) is 0 Å². The van der Waals surface area contributed by atoms with Crippen LogP contribution in [-0.4, -0.2) is 23.6 Å². The van der Waals surface area contributed by atoms with Crippen molar-refractivity contribution in [3.8, 4) is 0 Å². The summed E-state index contributed by atoms with van der Waals surface area (Å²) in [6.07, 6.45) is 1.60. The molecule has 0 aliphatic heterocycles. The molecule has 0 bridgehead atoms. The van der Waals surface area contributed by atoms with Gasteiger partial charge in [-0.15, -0.1) is 11.3 Å². The topological polar surface area (TPSA) is 55.0 Å². The van der Waals surface area contributed by atoms with E-state index in [0.717, 1.165) is 33.1 Å². The largest absolute Gasteiger partial charge is 0.397 e. The van der Waals surface area contributed by atoms with Crippen molar-refractivity contribution < 1.29 is 0 Å². The van der Waals surface area contributed by atoms with E-state index in [1.54, 1.807) is 17.7 Å². The van der Waals surface area contributed by atoms with Crippen molar-refractivity contribution in [3.05, 3.63) is 11.2 Å². The van der Waals surface area contributed by atoms with E-state index in [0.29, 0.717) is 0 Å². The second-order valence-electron chi connectivity index (χ2n) is 3.46. The van der Waals surface area contributed by atoms with Gasteiger partial charge in [0.2, 0.25) is 0 Å². The summed E-state index contributed by atoms with van der Waals surface area (Å²) in [6.45, 7) is 5.00. The van der Waals surface area contributed by atoms with Gasteiger partial charge in [0.1, 0.15) is 17.0 Å². The number of hydrogen-bond donors (Lipinski definition) is 1. The van der Waals surface area contributed by atoms with E-state index >= 15 is 0 Å². The fourth-order valence-electron chi connectivity index (χ4n) is 1.49. The summed E-state index contributed by atoms with van der Waals surface area (Å²) in [5.41, 5.74) is 6.85. The average Bonchev–Trinajstić information content (AvgIpc) is 2.54. The number of nitrogen functional groups attached to an aromatic ring is 1. The molecule has 5 heteroatoms. The normalized spacial score (nSPS) is 10.9. The van der Waals surface area contributed by atoms with E-state index in [1.807, 2.05) is 14.0 Å². The third kappa shape index (κ3) is 1.52. The molecule has 80 valence electrons. The molecule has 2 aromatic heterocycles. The zero-order valence-corrected chi connectivity index (χ0v) is 9.93. The Bertz CT molecular complexity index is 491. The van der Waals surface area contributed by atoms with Crippen molar-refractivity contribution in [2.75, 3.05) is 24.2 Å². The first-order chi connectivity index (χ1) is 7.15. The molecule has 2 N–H and O–H groups in total. The van der Waals surface area contributed by atoms with Gasteiger partial charge >= 0.3 is 0 Å². The maximum Gasteiger partial charge on any atom is 0.142 e. The highest BCUT2D eigenvalue weighted by Crippen LogP contribution is 2.36. The molecule has 0 saturated carbocycles. The van der Waals surface area contributed by atoms with Gasteiger partial charge in [-0.3, -0.25) is 0 Å². The van der Waals surface area contributed by atoms with Crippen LogP contribution in [0.25, 0.3) is 10.2 Å². The third-order valence-electron chi connectivity index (χ3n) is 2.53. The van der Waals surface area contributed by atoms with Crippen molar-refractivity contribution in [2.45, 2.75) is 13.8 Å². The van der Waals surface area contributed by atoms with Gasteiger partial charge in [-0.2, -0.15) is 0 Å². The minimum absolute atomic E-state index is 0.811. The van der Waals surface area contributed by atoms with Crippen LogP contribution in [0.4, 0.5) is 11.5 Å². The maximum atomic E-state index is 6.04. The summed E-state index contributed by atoms with van der Waals surface area (Å²) in [6, 6.07) is 0. The molecule has 0 unspecified atom stereocenters. The molecular formula is C10H14N4S. The van der Waals surface area contributed by atoms with Crippen molar-refractivity contribution in [1.82, 2.24) is 9.97 Å². The molecule has 2 heterocycles.